The molecule has 0 atom stereocenters. The van der Waals surface area contributed by atoms with Gasteiger partial charge in [0.25, 0.3) is 5.56 Å². The maximum atomic E-state index is 13.0. The van der Waals surface area contributed by atoms with E-state index < -0.39 is 0 Å². The molecule has 4 aromatic rings. The van der Waals surface area contributed by atoms with Gasteiger partial charge < -0.3 is 14.8 Å². The zero-order valence-electron chi connectivity index (χ0n) is 16.8. The number of carbonyl (C=O) groups excluding carboxylic acids is 1. The van der Waals surface area contributed by atoms with Crippen LogP contribution in [0.4, 0.5) is 0 Å². The van der Waals surface area contributed by atoms with Gasteiger partial charge in [0, 0.05) is 22.4 Å². The molecular formula is C22H18ClN3O4S2. The molecule has 4 heterocycles. The summed E-state index contributed by atoms with van der Waals surface area (Å²) >= 11 is 9.26. The standard InChI is InChI=1S/C22H18ClN3O4S2/c23-15-8-13(9-16-20(15)30-6-5-29-16)3-4-24-18(27)10-26-12-25-21-19(22(26)28)14(11-32-21)17-2-1-7-31-17/h1-2,7-9,11-12H,3-6,10H2,(H,24,27). The van der Waals surface area contributed by atoms with E-state index in [0.717, 1.165) is 16.0 Å². The average Bonchev–Trinajstić information content (AvgIpc) is 3.46. The number of hydrogen-bond acceptors (Lipinski definition) is 7. The van der Waals surface area contributed by atoms with E-state index in [2.05, 4.69) is 10.3 Å². The lowest BCUT2D eigenvalue weighted by atomic mass is 10.1. The minimum atomic E-state index is -0.259. The maximum absolute atomic E-state index is 13.0. The topological polar surface area (TPSA) is 82.5 Å². The molecule has 3 aromatic heterocycles. The van der Waals surface area contributed by atoms with Crippen LogP contribution in [-0.4, -0.2) is 35.2 Å². The molecule has 0 saturated carbocycles. The van der Waals surface area contributed by atoms with Gasteiger partial charge in [0.15, 0.2) is 11.5 Å². The molecular weight excluding hydrogens is 470 g/mol. The summed E-state index contributed by atoms with van der Waals surface area (Å²) in [4.78, 5) is 31.6. The van der Waals surface area contributed by atoms with Gasteiger partial charge in [-0.1, -0.05) is 17.7 Å². The number of nitrogens with one attached hydrogen (secondary N) is 1. The molecule has 10 heteroatoms. The molecule has 32 heavy (non-hydrogen) atoms. The van der Waals surface area contributed by atoms with E-state index in [1.807, 2.05) is 35.0 Å². The van der Waals surface area contributed by atoms with Gasteiger partial charge in [0.2, 0.25) is 5.91 Å². The van der Waals surface area contributed by atoms with Crippen molar-refractivity contribution in [2.24, 2.45) is 0 Å². The fourth-order valence-corrected chi connectivity index (χ4v) is 5.57. The van der Waals surface area contributed by atoms with E-state index in [-0.39, 0.29) is 18.0 Å². The van der Waals surface area contributed by atoms with E-state index in [1.165, 1.54) is 22.2 Å². The number of hydrogen-bond donors (Lipinski definition) is 1. The molecule has 0 radical (unpaired) electrons. The molecule has 0 aliphatic carbocycles. The van der Waals surface area contributed by atoms with E-state index in [1.54, 1.807) is 11.3 Å². The highest BCUT2D eigenvalue weighted by atomic mass is 35.5. The number of amides is 1. The first kappa shape index (κ1) is 21.0. The highest BCUT2D eigenvalue weighted by Gasteiger charge is 2.17. The predicted molar refractivity (Wildman–Crippen MR) is 126 cm³/mol. The quantitative estimate of drug-likeness (QED) is 0.445. The normalized spacial score (nSPS) is 12.8. The van der Waals surface area contributed by atoms with Gasteiger partial charge in [-0.25, -0.2) is 4.98 Å². The fourth-order valence-electron chi connectivity index (χ4n) is 3.56. The van der Waals surface area contributed by atoms with Crippen LogP contribution >= 0.6 is 34.3 Å². The Balaban J connectivity index is 1.26. The lowest BCUT2D eigenvalue weighted by molar-refractivity contribution is -0.121. The first-order valence-electron chi connectivity index (χ1n) is 9.95. The van der Waals surface area contributed by atoms with Crippen LogP contribution in [0.5, 0.6) is 11.5 Å². The Kier molecular flexibility index (Phi) is 5.86. The van der Waals surface area contributed by atoms with Crippen LogP contribution in [0.1, 0.15) is 5.56 Å². The third-order valence-corrected chi connectivity index (χ3v) is 7.12. The van der Waals surface area contributed by atoms with E-state index in [4.69, 9.17) is 21.1 Å². The third kappa shape index (κ3) is 4.11. The molecule has 0 spiro atoms. The van der Waals surface area contributed by atoms with Crippen LogP contribution in [0.3, 0.4) is 0 Å². The van der Waals surface area contributed by atoms with E-state index >= 15 is 0 Å². The van der Waals surface area contributed by atoms with Gasteiger partial charge in [-0.15, -0.1) is 22.7 Å². The fraction of sp³-hybridized carbons (Fsp3) is 0.227. The van der Waals surface area contributed by atoms with Crippen molar-refractivity contribution in [3.8, 4) is 21.9 Å². The molecule has 1 aromatic carbocycles. The summed E-state index contributed by atoms with van der Waals surface area (Å²) in [5.74, 6) is 0.918. The number of fused-ring (bicyclic) bond motifs is 2. The second-order valence-electron chi connectivity index (χ2n) is 7.19. The van der Waals surface area contributed by atoms with Crippen molar-refractivity contribution in [2.45, 2.75) is 13.0 Å². The minimum Gasteiger partial charge on any atom is -0.486 e. The highest BCUT2D eigenvalue weighted by molar-refractivity contribution is 7.18. The minimum absolute atomic E-state index is 0.0939. The zero-order valence-corrected chi connectivity index (χ0v) is 19.2. The Hall–Kier alpha value is -2.88. The number of rotatable bonds is 6. The van der Waals surface area contributed by atoms with Gasteiger partial charge in [0.05, 0.1) is 16.7 Å². The molecule has 0 unspecified atom stereocenters. The van der Waals surface area contributed by atoms with Crippen molar-refractivity contribution in [3.05, 3.63) is 62.3 Å². The molecule has 1 aliphatic heterocycles. The Morgan fingerprint density at radius 3 is 2.97 bits per heavy atom. The van der Waals surface area contributed by atoms with E-state index in [9.17, 15) is 9.59 Å². The summed E-state index contributed by atoms with van der Waals surface area (Å²) in [5, 5.41) is 7.81. The van der Waals surface area contributed by atoms with Gasteiger partial charge in [-0.3, -0.25) is 14.2 Å². The Bertz CT molecular complexity index is 1350. The zero-order chi connectivity index (χ0) is 22.1. The molecule has 7 nitrogen and oxygen atoms in total. The SMILES string of the molecule is O=C(Cn1cnc2scc(-c3cccs3)c2c1=O)NCCc1cc(Cl)c2c(c1)OCCO2. The van der Waals surface area contributed by atoms with Gasteiger partial charge >= 0.3 is 0 Å². The first-order chi connectivity index (χ1) is 15.6. The second kappa shape index (κ2) is 8.93. The molecule has 5 rings (SSSR count). The smallest absolute Gasteiger partial charge is 0.263 e. The Morgan fingerprint density at radius 1 is 1.25 bits per heavy atom. The van der Waals surface area contributed by atoms with Crippen molar-refractivity contribution < 1.29 is 14.3 Å². The Labute approximate surface area is 196 Å². The van der Waals surface area contributed by atoms with Crippen LogP contribution in [-0.2, 0) is 17.8 Å². The highest BCUT2D eigenvalue weighted by Crippen LogP contribution is 2.38. The number of halogens is 1. The summed E-state index contributed by atoms with van der Waals surface area (Å²) in [7, 11) is 0. The van der Waals surface area contributed by atoms with Gasteiger partial charge in [-0.2, -0.15) is 0 Å². The average molecular weight is 488 g/mol. The monoisotopic (exact) mass is 487 g/mol. The number of benzene rings is 1. The Morgan fingerprint density at radius 2 is 2.12 bits per heavy atom. The molecule has 0 bridgehead atoms. The van der Waals surface area contributed by atoms with Crippen molar-refractivity contribution in [1.29, 1.82) is 0 Å². The summed E-state index contributed by atoms with van der Waals surface area (Å²) in [6.45, 7) is 1.26. The van der Waals surface area contributed by atoms with Crippen molar-refractivity contribution in [3.63, 3.8) is 0 Å². The van der Waals surface area contributed by atoms with Crippen LogP contribution in [0.25, 0.3) is 20.7 Å². The third-order valence-electron chi connectivity index (χ3n) is 5.05. The van der Waals surface area contributed by atoms with Crippen molar-refractivity contribution >= 4 is 50.4 Å². The van der Waals surface area contributed by atoms with Crippen LogP contribution in [0.15, 0.2) is 46.1 Å². The van der Waals surface area contributed by atoms with Gasteiger partial charge in [-0.05, 0) is 35.6 Å². The lowest BCUT2D eigenvalue weighted by Crippen LogP contribution is -2.33. The largest absolute Gasteiger partial charge is 0.486 e. The molecule has 1 aliphatic rings. The molecule has 1 N–H and O–H groups in total. The number of aromatic nitrogens is 2. The summed E-state index contributed by atoms with van der Waals surface area (Å²) in [6.07, 6.45) is 2.00. The van der Waals surface area contributed by atoms with Crippen molar-refractivity contribution in [1.82, 2.24) is 14.9 Å². The number of nitrogens with zero attached hydrogens (tertiary/aromatic N) is 2. The van der Waals surface area contributed by atoms with E-state index in [0.29, 0.717) is 52.9 Å². The molecule has 0 saturated heterocycles. The first-order valence-corrected chi connectivity index (χ1v) is 12.1. The second-order valence-corrected chi connectivity index (χ2v) is 9.40. The predicted octanol–water partition coefficient (Wildman–Crippen LogP) is 3.97. The number of ether oxygens (including phenoxy) is 2. The van der Waals surface area contributed by atoms with Crippen LogP contribution in [0.2, 0.25) is 5.02 Å². The number of carbonyl (C=O) groups is 1. The molecule has 1 amide bonds. The summed E-state index contributed by atoms with van der Waals surface area (Å²) < 4.78 is 12.5. The molecule has 0 fully saturated rings. The summed E-state index contributed by atoms with van der Waals surface area (Å²) in [6, 6.07) is 7.60. The maximum Gasteiger partial charge on any atom is 0.263 e. The van der Waals surface area contributed by atoms with Crippen LogP contribution in [0, 0.1) is 0 Å². The lowest BCUT2D eigenvalue weighted by Gasteiger charge is -2.20. The summed E-state index contributed by atoms with van der Waals surface area (Å²) in [5.41, 5.74) is 1.58. The van der Waals surface area contributed by atoms with Crippen LogP contribution < -0.4 is 20.3 Å². The van der Waals surface area contributed by atoms with Gasteiger partial charge in [0.1, 0.15) is 24.6 Å². The molecule has 164 valence electrons. The van der Waals surface area contributed by atoms with Crippen molar-refractivity contribution in [2.75, 3.05) is 19.8 Å². The number of thiophene rings is 2.